The van der Waals surface area contributed by atoms with Crippen molar-refractivity contribution in [1.29, 1.82) is 5.26 Å². The molecule has 0 bridgehead atoms. The van der Waals surface area contributed by atoms with Gasteiger partial charge in [-0.2, -0.15) is 5.26 Å². The lowest BCUT2D eigenvalue weighted by Gasteiger charge is -2.05. The Morgan fingerprint density at radius 1 is 1.55 bits per heavy atom. The van der Waals surface area contributed by atoms with E-state index < -0.39 is 4.92 Å². The molecule has 0 aliphatic carbocycles. The van der Waals surface area contributed by atoms with Gasteiger partial charge in [-0.3, -0.25) is 14.9 Å². The zero-order valence-electron chi connectivity index (χ0n) is 10.3. The lowest BCUT2D eigenvalue weighted by atomic mass is 10.1. The van der Waals surface area contributed by atoms with Crippen molar-refractivity contribution in [3.63, 3.8) is 0 Å². The van der Waals surface area contributed by atoms with Crippen LogP contribution in [-0.4, -0.2) is 32.6 Å². The monoisotopic (exact) mass is 272 g/mol. The third-order valence-electron chi connectivity index (χ3n) is 2.50. The molecule has 100 valence electrons. The summed E-state index contributed by atoms with van der Waals surface area (Å²) in [7, 11) is 1.45. The second kappa shape index (κ2) is 5.15. The number of aromatic nitrogens is 3. The number of amides is 1. The summed E-state index contributed by atoms with van der Waals surface area (Å²) in [6.07, 6.45) is 1.18. The summed E-state index contributed by atoms with van der Waals surface area (Å²) >= 11 is 0. The maximum atomic E-state index is 11.6. The number of rotatable bonds is 3. The molecule has 9 heteroatoms. The number of nitro benzene ring substituents is 1. The van der Waals surface area contributed by atoms with Crippen LogP contribution >= 0.6 is 0 Å². The maximum Gasteiger partial charge on any atom is 0.294 e. The van der Waals surface area contributed by atoms with Crippen molar-refractivity contribution < 1.29 is 9.72 Å². The predicted octanol–water partition coefficient (Wildman–Crippen LogP) is 0.407. The molecule has 1 N–H and O–H groups in total. The molecule has 0 saturated carbocycles. The van der Waals surface area contributed by atoms with Gasteiger partial charge < -0.3 is 5.32 Å². The number of nitrogens with zero attached hydrogens (tertiary/aromatic N) is 5. The molecular formula is C11H8N6O3. The van der Waals surface area contributed by atoms with Gasteiger partial charge >= 0.3 is 0 Å². The van der Waals surface area contributed by atoms with Crippen molar-refractivity contribution in [2.24, 2.45) is 0 Å². The van der Waals surface area contributed by atoms with Gasteiger partial charge in [-0.25, -0.2) is 9.67 Å². The summed E-state index contributed by atoms with van der Waals surface area (Å²) in [6, 6.07) is 5.57. The largest absolute Gasteiger partial charge is 0.355 e. The molecule has 1 aromatic heterocycles. The summed E-state index contributed by atoms with van der Waals surface area (Å²) in [4.78, 5) is 25.6. The SMILES string of the molecule is CNC(=O)c1ccc([N+](=O)[O-])c(-n2cnc(C#N)n2)c1. The topological polar surface area (TPSA) is 127 Å². The zero-order chi connectivity index (χ0) is 14.7. The fraction of sp³-hybridized carbons (Fsp3) is 0.0909. The molecule has 0 aliphatic heterocycles. The maximum absolute atomic E-state index is 11.6. The van der Waals surface area contributed by atoms with Gasteiger partial charge in [0.25, 0.3) is 17.4 Å². The van der Waals surface area contributed by atoms with Crippen molar-refractivity contribution in [3.05, 3.63) is 46.0 Å². The van der Waals surface area contributed by atoms with Crippen LogP contribution in [0.3, 0.4) is 0 Å². The van der Waals surface area contributed by atoms with Gasteiger partial charge in [0, 0.05) is 18.7 Å². The van der Waals surface area contributed by atoms with Crippen molar-refractivity contribution in [3.8, 4) is 11.8 Å². The highest BCUT2D eigenvalue weighted by Crippen LogP contribution is 2.23. The number of hydrogen-bond donors (Lipinski definition) is 1. The second-order valence-corrected chi connectivity index (χ2v) is 3.66. The molecule has 9 nitrogen and oxygen atoms in total. The molecule has 2 rings (SSSR count). The van der Waals surface area contributed by atoms with Gasteiger partial charge in [0.2, 0.25) is 0 Å². The Labute approximate surface area is 112 Å². The van der Waals surface area contributed by atoms with Crippen LogP contribution in [0.4, 0.5) is 5.69 Å². The number of nitriles is 1. The van der Waals surface area contributed by atoms with Gasteiger partial charge in [-0.15, -0.1) is 5.10 Å². The first kappa shape index (κ1) is 13.2. The van der Waals surface area contributed by atoms with Crippen LogP contribution in [0.1, 0.15) is 16.2 Å². The Morgan fingerprint density at radius 3 is 2.85 bits per heavy atom. The molecular weight excluding hydrogens is 264 g/mol. The van der Waals surface area contributed by atoms with E-state index >= 15 is 0 Å². The molecule has 0 radical (unpaired) electrons. The fourth-order valence-electron chi connectivity index (χ4n) is 1.58. The van der Waals surface area contributed by atoms with Gasteiger partial charge in [-0.1, -0.05) is 0 Å². The Morgan fingerprint density at radius 2 is 2.30 bits per heavy atom. The van der Waals surface area contributed by atoms with E-state index in [2.05, 4.69) is 15.4 Å². The second-order valence-electron chi connectivity index (χ2n) is 3.66. The van der Waals surface area contributed by atoms with Crippen molar-refractivity contribution in [2.75, 3.05) is 7.05 Å². The first-order valence-electron chi connectivity index (χ1n) is 5.39. The highest BCUT2D eigenvalue weighted by molar-refractivity contribution is 5.95. The average molecular weight is 272 g/mol. The van der Waals surface area contributed by atoms with Crippen molar-refractivity contribution >= 4 is 11.6 Å². The molecule has 1 heterocycles. The van der Waals surface area contributed by atoms with Crippen LogP contribution in [0, 0.1) is 21.4 Å². The molecule has 1 amide bonds. The number of carbonyl (C=O) groups is 1. The summed E-state index contributed by atoms with van der Waals surface area (Å²) in [5, 5.41) is 25.9. The summed E-state index contributed by atoms with van der Waals surface area (Å²) in [5.74, 6) is -0.508. The molecule has 20 heavy (non-hydrogen) atoms. The minimum atomic E-state index is -0.601. The number of nitrogens with one attached hydrogen (secondary N) is 1. The minimum absolute atomic E-state index is 0.0603. The fourth-order valence-corrected chi connectivity index (χ4v) is 1.58. The van der Waals surface area contributed by atoms with E-state index in [0.717, 1.165) is 4.68 Å². The van der Waals surface area contributed by atoms with Crippen LogP contribution in [0.25, 0.3) is 5.69 Å². The molecule has 0 unspecified atom stereocenters. The van der Waals surface area contributed by atoms with Crippen LogP contribution in [0.2, 0.25) is 0 Å². The Kier molecular flexibility index (Phi) is 3.39. The number of benzene rings is 1. The normalized spacial score (nSPS) is 9.80. The highest BCUT2D eigenvalue weighted by atomic mass is 16.6. The lowest BCUT2D eigenvalue weighted by molar-refractivity contribution is -0.384. The summed E-state index contributed by atoms with van der Waals surface area (Å²) in [5.41, 5.74) is 0.0549. The number of hydrogen-bond acceptors (Lipinski definition) is 6. The minimum Gasteiger partial charge on any atom is -0.355 e. The van der Waals surface area contributed by atoms with E-state index in [4.69, 9.17) is 5.26 Å². The highest BCUT2D eigenvalue weighted by Gasteiger charge is 2.19. The summed E-state index contributed by atoms with van der Waals surface area (Å²) < 4.78 is 1.09. The van der Waals surface area contributed by atoms with Gasteiger partial charge in [0.1, 0.15) is 18.1 Å². The number of carbonyl (C=O) groups excluding carboxylic acids is 1. The van der Waals surface area contributed by atoms with Gasteiger partial charge in [0.05, 0.1) is 4.92 Å². The molecule has 0 spiro atoms. The first-order chi connectivity index (χ1) is 9.56. The van der Waals surface area contributed by atoms with Crippen LogP contribution in [0.5, 0.6) is 0 Å². The van der Waals surface area contributed by atoms with E-state index in [-0.39, 0.29) is 28.7 Å². The lowest BCUT2D eigenvalue weighted by Crippen LogP contribution is -2.18. The zero-order valence-corrected chi connectivity index (χ0v) is 10.3. The number of nitro groups is 1. The average Bonchev–Trinajstić information content (AvgIpc) is 2.94. The smallest absolute Gasteiger partial charge is 0.294 e. The van der Waals surface area contributed by atoms with Gasteiger partial charge in [-0.05, 0) is 12.1 Å². The van der Waals surface area contributed by atoms with Crippen molar-refractivity contribution in [2.45, 2.75) is 0 Å². The van der Waals surface area contributed by atoms with Crippen molar-refractivity contribution in [1.82, 2.24) is 20.1 Å². The standard InChI is InChI=1S/C11H8N6O3/c1-13-11(18)7-2-3-8(17(19)20)9(4-7)16-6-14-10(5-12)15-16/h2-4,6H,1H3,(H,13,18). The van der Waals surface area contributed by atoms with E-state index in [1.165, 1.54) is 31.6 Å². The van der Waals surface area contributed by atoms with Gasteiger partial charge in [0.15, 0.2) is 0 Å². The molecule has 1 aromatic carbocycles. The Bertz CT molecular complexity index is 730. The molecule has 0 aliphatic rings. The van der Waals surface area contributed by atoms with E-state index in [0.29, 0.717) is 0 Å². The van der Waals surface area contributed by atoms with Crippen LogP contribution in [-0.2, 0) is 0 Å². The first-order valence-corrected chi connectivity index (χ1v) is 5.39. The molecule has 0 fully saturated rings. The van der Waals surface area contributed by atoms with E-state index in [1.54, 1.807) is 6.07 Å². The molecule has 0 atom stereocenters. The van der Waals surface area contributed by atoms with Crippen LogP contribution < -0.4 is 5.32 Å². The van der Waals surface area contributed by atoms with Crippen LogP contribution in [0.15, 0.2) is 24.5 Å². The Balaban J connectivity index is 2.61. The third kappa shape index (κ3) is 2.30. The summed E-state index contributed by atoms with van der Waals surface area (Å²) in [6.45, 7) is 0. The van der Waals surface area contributed by atoms with E-state index in [9.17, 15) is 14.9 Å². The molecule has 0 saturated heterocycles. The van der Waals surface area contributed by atoms with E-state index in [1.807, 2.05) is 0 Å². The predicted molar refractivity (Wildman–Crippen MR) is 66.1 cm³/mol. The Hall–Kier alpha value is -3.28. The third-order valence-corrected chi connectivity index (χ3v) is 2.50. The quantitative estimate of drug-likeness (QED) is 0.636. The molecule has 2 aromatic rings.